The third-order valence-corrected chi connectivity index (χ3v) is 5.28. The van der Waals surface area contributed by atoms with Gasteiger partial charge in [0.25, 0.3) is 0 Å². The van der Waals surface area contributed by atoms with Gasteiger partial charge in [-0.05, 0) is 46.0 Å². The monoisotopic (exact) mass is 321 g/mol. The molecule has 1 aromatic rings. The Labute approximate surface area is 137 Å². The van der Waals surface area contributed by atoms with Crippen molar-refractivity contribution in [2.45, 2.75) is 57.4 Å². The topological polar surface area (TPSA) is 88.5 Å². The van der Waals surface area contributed by atoms with E-state index >= 15 is 0 Å². The van der Waals surface area contributed by atoms with E-state index in [4.69, 9.17) is 10.3 Å². The molecule has 1 aliphatic heterocycles. The fourth-order valence-electron chi connectivity index (χ4n) is 3.40. The lowest BCUT2D eigenvalue weighted by Gasteiger charge is -2.35. The Morgan fingerprint density at radius 3 is 2.52 bits per heavy atom. The van der Waals surface area contributed by atoms with E-state index in [2.05, 4.69) is 10.1 Å². The van der Waals surface area contributed by atoms with Gasteiger partial charge in [0.1, 0.15) is 0 Å². The SMILES string of the molecule is CCN(CC)C(=O)N1CCC(c2nc(C3(N)CCC3)no2)CC1. The van der Waals surface area contributed by atoms with Crippen LogP contribution in [0, 0.1) is 0 Å². The predicted molar refractivity (Wildman–Crippen MR) is 85.9 cm³/mol. The quantitative estimate of drug-likeness (QED) is 0.917. The maximum absolute atomic E-state index is 12.4. The zero-order valence-corrected chi connectivity index (χ0v) is 14.1. The molecule has 1 aromatic heterocycles. The first-order valence-electron chi connectivity index (χ1n) is 8.74. The second kappa shape index (κ2) is 6.47. The van der Waals surface area contributed by atoms with E-state index < -0.39 is 0 Å². The van der Waals surface area contributed by atoms with Gasteiger partial charge in [0.2, 0.25) is 5.89 Å². The summed E-state index contributed by atoms with van der Waals surface area (Å²) in [5, 5.41) is 4.09. The van der Waals surface area contributed by atoms with Crippen LogP contribution in [0.2, 0.25) is 0 Å². The fraction of sp³-hybridized carbons (Fsp3) is 0.812. The molecule has 2 N–H and O–H groups in total. The van der Waals surface area contributed by atoms with Crippen molar-refractivity contribution >= 4 is 6.03 Å². The highest BCUT2D eigenvalue weighted by atomic mass is 16.5. The predicted octanol–water partition coefficient (Wildman–Crippen LogP) is 2.05. The van der Waals surface area contributed by atoms with Crippen LogP contribution in [-0.4, -0.2) is 52.2 Å². The summed E-state index contributed by atoms with van der Waals surface area (Å²) < 4.78 is 5.46. The molecule has 1 saturated heterocycles. The minimum atomic E-state index is -0.374. The number of rotatable bonds is 4. The maximum Gasteiger partial charge on any atom is 0.319 e. The van der Waals surface area contributed by atoms with Crippen molar-refractivity contribution in [1.29, 1.82) is 0 Å². The molecule has 2 amide bonds. The molecular weight excluding hydrogens is 294 g/mol. The first-order valence-corrected chi connectivity index (χ1v) is 8.74. The van der Waals surface area contributed by atoms with E-state index in [9.17, 15) is 4.79 Å². The molecule has 128 valence electrons. The van der Waals surface area contributed by atoms with Gasteiger partial charge in [-0.3, -0.25) is 0 Å². The smallest absolute Gasteiger partial charge is 0.319 e. The lowest BCUT2D eigenvalue weighted by molar-refractivity contribution is 0.140. The summed E-state index contributed by atoms with van der Waals surface area (Å²) in [6, 6.07) is 0.134. The van der Waals surface area contributed by atoms with Gasteiger partial charge in [-0.15, -0.1) is 0 Å². The Bertz CT molecular complexity index is 542. The molecule has 0 atom stereocenters. The van der Waals surface area contributed by atoms with E-state index in [0.29, 0.717) is 11.7 Å². The molecule has 0 bridgehead atoms. The second-order valence-electron chi connectivity index (χ2n) is 6.68. The standard InChI is InChI=1S/C16H27N5O2/c1-3-20(4-2)15(22)21-10-6-12(7-11-21)13-18-14(19-23-13)16(17)8-5-9-16/h12H,3-11,17H2,1-2H3. The van der Waals surface area contributed by atoms with Gasteiger partial charge < -0.3 is 20.1 Å². The van der Waals surface area contributed by atoms with Crippen molar-refractivity contribution in [3.05, 3.63) is 11.7 Å². The summed E-state index contributed by atoms with van der Waals surface area (Å²) in [4.78, 5) is 20.7. The van der Waals surface area contributed by atoms with Gasteiger partial charge in [-0.1, -0.05) is 5.16 Å². The van der Waals surface area contributed by atoms with E-state index in [0.717, 1.165) is 58.3 Å². The zero-order chi connectivity index (χ0) is 16.4. The third kappa shape index (κ3) is 3.06. The number of urea groups is 1. The average Bonchev–Trinajstić information content (AvgIpc) is 3.04. The number of carbonyl (C=O) groups is 1. The maximum atomic E-state index is 12.4. The molecule has 0 unspecified atom stereocenters. The number of piperidine rings is 1. The first kappa shape index (κ1) is 16.2. The summed E-state index contributed by atoms with van der Waals surface area (Å²) in [6.45, 7) is 7.01. The Balaban J connectivity index is 1.58. The number of amides is 2. The van der Waals surface area contributed by atoms with Crippen LogP contribution >= 0.6 is 0 Å². The second-order valence-corrected chi connectivity index (χ2v) is 6.68. The van der Waals surface area contributed by atoms with E-state index in [-0.39, 0.29) is 17.5 Å². The summed E-state index contributed by atoms with van der Waals surface area (Å²) >= 11 is 0. The molecule has 2 fully saturated rings. The first-order chi connectivity index (χ1) is 11.1. The van der Waals surface area contributed by atoms with Gasteiger partial charge in [0.05, 0.1) is 5.54 Å². The number of carbonyl (C=O) groups excluding carboxylic acids is 1. The van der Waals surface area contributed by atoms with Crippen LogP contribution in [0.3, 0.4) is 0 Å². The Morgan fingerprint density at radius 1 is 1.35 bits per heavy atom. The number of hydrogen-bond donors (Lipinski definition) is 1. The number of nitrogens with zero attached hydrogens (tertiary/aromatic N) is 4. The molecule has 7 heteroatoms. The zero-order valence-electron chi connectivity index (χ0n) is 14.1. The van der Waals surface area contributed by atoms with Crippen molar-refractivity contribution in [2.75, 3.05) is 26.2 Å². The Hall–Kier alpha value is -1.63. The summed E-state index contributed by atoms with van der Waals surface area (Å²) in [7, 11) is 0. The number of nitrogens with two attached hydrogens (primary N) is 1. The lowest BCUT2D eigenvalue weighted by Crippen LogP contribution is -2.46. The summed E-state index contributed by atoms with van der Waals surface area (Å²) in [6.07, 6.45) is 4.73. The molecule has 1 aliphatic carbocycles. The highest BCUT2D eigenvalue weighted by molar-refractivity contribution is 5.74. The largest absolute Gasteiger partial charge is 0.339 e. The van der Waals surface area contributed by atoms with Gasteiger partial charge in [0, 0.05) is 32.1 Å². The Morgan fingerprint density at radius 2 is 2.00 bits per heavy atom. The summed E-state index contributed by atoms with van der Waals surface area (Å²) in [5.41, 5.74) is 5.88. The van der Waals surface area contributed by atoms with Gasteiger partial charge >= 0.3 is 6.03 Å². The molecule has 2 heterocycles. The molecule has 23 heavy (non-hydrogen) atoms. The van der Waals surface area contributed by atoms with Crippen molar-refractivity contribution in [2.24, 2.45) is 5.73 Å². The van der Waals surface area contributed by atoms with E-state index in [1.807, 2.05) is 23.6 Å². The van der Waals surface area contributed by atoms with Crippen LogP contribution in [0.4, 0.5) is 4.79 Å². The number of likely N-dealkylation sites (tertiary alicyclic amines) is 1. The molecule has 3 rings (SSSR count). The number of hydrogen-bond acceptors (Lipinski definition) is 5. The average molecular weight is 321 g/mol. The highest BCUT2D eigenvalue weighted by Crippen LogP contribution is 2.38. The fourth-order valence-corrected chi connectivity index (χ4v) is 3.40. The molecule has 0 aromatic carbocycles. The van der Waals surface area contributed by atoms with Crippen LogP contribution in [0.1, 0.15) is 63.6 Å². The highest BCUT2D eigenvalue weighted by Gasteiger charge is 2.40. The molecule has 2 aliphatic rings. The van der Waals surface area contributed by atoms with Crippen molar-refractivity contribution in [3.8, 4) is 0 Å². The lowest BCUT2D eigenvalue weighted by atomic mass is 9.77. The third-order valence-electron chi connectivity index (χ3n) is 5.28. The molecule has 0 spiro atoms. The van der Waals surface area contributed by atoms with Crippen LogP contribution in [0.15, 0.2) is 4.52 Å². The molecular formula is C16H27N5O2. The van der Waals surface area contributed by atoms with Crippen LogP contribution in [-0.2, 0) is 5.54 Å². The van der Waals surface area contributed by atoms with Crippen LogP contribution in [0.25, 0.3) is 0 Å². The number of aromatic nitrogens is 2. The van der Waals surface area contributed by atoms with Crippen LogP contribution in [0.5, 0.6) is 0 Å². The minimum absolute atomic E-state index is 0.134. The molecule has 0 radical (unpaired) electrons. The van der Waals surface area contributed by atoms with Crippen molar-refractivity contribution < 1.29 is 9.32 Å². The minimum Gasteiger partial charge on any atom is -0.339 e. The van der Waals surface area contributed by atoms with Gasteiger partial charge in [-0.2, -0.15) is 4.98 Å². The van der Waals surface area contributed by atoms with Crippen molar-refractivity contribution in [3.63, 3.8) is 0 Å². The van der Waals surface area contributed by atoms with E-state index in [1.54, 1.807) is 0 Å². The normalized spacial score (nSPS) is 21.1. The Kier molecular flexibility index (Phi) is 4.57. The molecule has 1 saturated carbocycles. The van der Waals surface area contributed by atoms with E-state index in [1.165, 1.54) is 0 Å². The summed E-state index contributed by atoms with van der Waals surface area (Å²) in [5.74, 6) is 1.58. The van der Waals surface area contributed by atoms with Crippen LogP contribution < -0.4 is 5.73 Å². The van der Waals surface area contributed by atoms with Gasteiger partial charge in [0.15, 0.2) is 5.82 Å². The van der Waals surface area contributed by atoms with Gasteiger partial charge in [-0.25, -0.2) is 4.79 Å². The molecule has 7 nitrogen and oxygen atoms in total. The van der Waals surface area contributed by atoms with Crippen molar-refractivity contribution in [1.82, 2.24) is 19.9 Å².